The highest BCUT2D eigenvalue weighted by atomic mass is 16.3. The Morgan fingerprint density at radius 2 is 1.90 bits per heavy atom. The Balaban J connectivity index is 1.88. The van der Waals surface area contributed by atoms with Crippen LogP contribution < -0.4 is 10.6 Å². The maximum atomic E-state index is 11.7. The lowest BCUT2D eigenvalue weighted by Gasteiger charge is -2.27. The molecule has 0 heterocycles. The van der Waals surface area contributed by atoms with Crippen molar-refractivity contribution in [2.45, 2.75) is 37.8 Å². The number of hydrogen-bond donors (Lipinski definition) is 3. The number of carbonyl (C=O) groups is 1. The number of hydrogen-bond acceptors (Lipinski definition) is 3. The number of benzene rings is 1. The van der Waals surface area contributed by atoms with E-state index in [1.807, 2.05) is 24.3 Å². The van der Waals surface area contributed by atoms with Gasteiger partial charge in [-0.2, -0.15) is 0 Å². The van der Waals surface area contributed by atoms with E-state index >= 15 is 0 Å². The molecule has 1 saturated carbocycles. The minimum atomic E-state index is -0.135. The molecule has 0 radical (unpaired) electrons. The lowest BCUT2D eigenvalue weighted by Crippen LogP contribution is -2.28. The first-order valence-corrected chi connectivity index (χ1v) is 7.13. The molecular weight excluding hydrogens is 252 g/mol. The van der Waals surface area contributed by atoms with Gasteiger partial charge in [-0.3, -0.25) is 4.79 Å². The van der Waals surface area contributed by atoms with Gasteiger partial charge in [-0.1, -0.05) is 6.08 Å². The summed E-state index contributed by atoms with van der Waals surface area (Å²) in [5.74, 6) is -0.0859. The van der Waals surface area contributed by atoms with E-state index in [0.29, 0.717) is 18.2 Å². The van der Waals surface area contributed by atoms with Crippen LogP contribution in [-0.2, 0) is 0 Å². The molecule has 0 unspecified atom stereocenters. The molecule has 20 heavy (non-hydrogen) atoms. The molecule has 3 N–H and O–H groups in total. The molecule has 1 fully saturated rings. The van der Waals surface area contributed by atoms with Crippen molar-refractivity contribution in [3.63, 3.8) is 0 Å². The van der Waals surface area contributed by atoms with Crippen molar-refractivity contribution in [2.24, 2.45) is 0 Å². The number of aliphatic hydroxyl groups is 1. The smallest absolute Gasteiger partial charge is 0.251 e. The van der Waals surface area contributed by atoms with E-state index in [0.717, 1.165) is 31.4 Å². The summed E-state index contributed by atoms with van der Waals surface area (Å²) in [6.07, 6.45) is 5.22. The Morgan fingerprint density at radius 3 is 2.50 bits per heavy atom. The molecule has 1 amide bonds. The van der Waals surface area contributed by atoms with Crippen molar-refractivity contribution in [3.05, 3.63) is 42.5 Å². The molecule has 1 aromatic rings. The summed E-state index contributed by atoms with van der Waals surface area (Å²) < 4.78 is 0. The molecule has 0 bridgehead atoms. The fraction of sp³-hybridized carbons (Fsp3) is 0.438. The molecule has 1 aliphatic rings. The Hall–Kier alpha value is -1.81. The maximum Gasteiger partial charge on any atom is 0.251 e. The second kappa shape index (κ2) is 7.10. The second-order valence-corrected chi connectivity index (χ2v) is 5.23. The van der Waals surface area contributed by atoms with Crippen LogP contribution in [0, 0.1) is 0 Å². The Bertz CT molecular complexity index is 448. The predicted molar refractivity (Wildman–Crippen MR) is 80.9 cm³/mol. The topological polar surface area (TPSA) is 61.4 Å². The first kappa shape index (κ1) is 14.6. The fourth-order valence-corrected chi connectivity index (χ4v) is 2.44. The summed E-state index contributed by atoms with van der Waals surface area (Å²) in [5, 5.41) is 15.7. The molecule has 0 atom stereocenters. The third kappa shape index (κ3) is 4.10. The summed E-state index contributed by atoms with van der Waals surface area (Å²) in [6.45, 7) is 4.04. The van der Waals surface area contributed by atoms with Crippen molar-refractivity contribution in [1.82, 2.24) is 5.32 Å². The molecule has 0 aromatic heterocycles. The molecule has 0 aliphatic heterocycles. The standard InChI is InChI=1S/C16H22N2O2/c1-2-11-17-16(20)12-3-5-13(6-4-12)18-14-7-9-15(19)10-8-14/h2-6,14-15,18-19H,1,7-11H2,(H,17,20). The fourth-order valence-electron chi connectivity index (χ4n) is 2.44. The summed E-state index contributed by atoms with van der Waals surface area (Å²) in [6, 6.07) is 7.90. The van der Waals surface area contributed by atoms with Gasteiger partial charge in [-0.15, -0.1) is 6.58 Å². The lowest BCUT2D eigenvalue weighted by atomic mass is 9.93. The van der Waals surface area contributed by atoms with Gasteiger partial charge < -0.3 is 15.7 Å². The van der Waals surface area contributed by atoms with Crippen LogP contribution in [0.25, 0.3) is 0 Å². The van der Waals surface area contributed by atoms with E-state index in [4.69, 9.17) is 0 Å². The third-order valence-electron chi connectivity index (χ3n) is 3.62. The third-order valence-corrected chi connectivity index (χ3v) is 3.62. The van der Waals surface area contributed by atoms with Crippen LogP contribution in [0.3, 0.4) is 0 Å². The minimum Gasteiger partial charge on any atom is -0.393 e. The van der Waals surface area contributed by atoms with Crippen LogP contribution in [-0.4, -0.2) is 29.7 Å². The van der Waals surface area contributed by atoms with Crippen molar-refractivity contribution in [2.75, 3.05) is 11.9 Å². The minimum absolute atomic E-state index is 0.0859. The van der Waals surface area contributed by atoms with E-state index in [9.17, 15) is 9.90 Å². The summed E-state index contributed by atoms with van der Waals surface area (Å²) in [7, 11) is 0. The van der Waals surface area contributed by atoms with E-state index in [1.165, 1.54) is 0 Å². The molecule has 1 aliphatic carbocycles. The van der Waals surface area contributed by atoms with E-state index in [-0.39, 0.29) is 12.0 Å². The van der Waals surface area contributed by atoms with Crippen LogP contribution in [0.1, 0.15) is 36.0 Å². The summed E-state index contributed by atoms with van der Waals surface area (Å²) in [4.78, 5) is 11.7. The molecule has 4 nitrogen and oxygen atoms in total. The number of nitrogens with one attached hydrogen (secondary N) is 2. The molecular formula is C16H22N2O2. The lowest BCUT2D eigenvalue weighted by molar-refractivity contribution is 0.0958. The van der Waals surface area contributed by atoms with Gasteiger partial charge in [0.2, 0.25) is 0 Å². The summed E-state index contributed by atoms with van der Waals surface area (Å²) >= 11 is 0. The number of amides is 1. The highest BCUT2D eigenvalue weighted by Crippen LogP contribution is 2.22. The number of rotatable bonds is 5. The normalized spacial score (nSPS) is 22.1. The molecule has 0 spiro atoms. The highest BCUT2D eigenvalue weighted by molar-refractivity contribution is 5.94. The SMILES string of the molecule is C=CCNC(=O)c1ccc(NC2CCC(O)CC2)cc1. The van der Waals surface area contributed by atoms with Gasteiger partial charge in [0.25, 0.3) is 5.91 Å². The van der Waals surface area contributed by atoms with Crippen molar-refractivity contribution in [3.8, 4) is 0 Å². The zero-order chi connectivity index (χ0) is 14.4. The van der Waals surface area contributed by atoms with Gasteiger partial charge in [0.15, 0.2) is 0 Å². The van der Waals surface area contributed by atoms with Crippen molar-refractivity contribution >= 4 is 11.6 Å². The zero-order valence-corrected chi connectivity index (χ0v) is 11.6. The molecule has 1 aromatic carbocycles. The molecule has 2 rings (SSSR count). The van der Waals surface area contributed by atoms with Crippen LogP contribution >= 0.6 is 0 Å². The van der Waals surface area contributed by atoms with Gasteiger partial charge in [0.05, 0.1) is 6.10 Å². The monoisotopic (exact) mass is 274 g/mol. The van der Waals surface area contributed by atoms with Gasteiger partial charge in [0.1, 0.15) is 0 Å². The van der Waals surface area contributed by atoms with E-state index < -0.39 is 0 Å². The first-order chi connectivity index (χ1) is 9.69. The molecule has 4 heteroatoms. The maximum absolute atomic E-state index is 11.7. The van der Waals surface area contributed by atoms with Crippen LogP contribution in [0.15, 0.2) is 36.9 Å². The largest absolute Gasteiger partial charge is 0.393 e. The number of aliphatic hydroxyl groups excluding tert-OH is 1. The van der Waals surface area contributed by atoms with Gasteiger partial charge in [-0.25, -0.2) is 0 Å². The zero-order valence-electron chi connectivity index (χ0n) is 11.6. The predicted octanol–water partition coefficient (Wildman–Crippen LogP) is 2.32. The van der Waals surface area contributed by atoms with Crippen LogP contribution in [0.2, 0.25) is 0 Å². The Morgan fingerprint density at radius 1 is 1.25 bits per heavy atom. The average Bonchev–Trinajstić information content (AvgIpc) is 2.48. The summed E-state index contributed by atoms with van der Waals surface area (Å²) in [5.41, 5.74) is 1.67. The van der Waals surface area contributed by atoms with Crippen molar-refractivity contribution < 1.29 is 9.90 Å². The average molecular weight is 274 g/mol. The highest BCUT2D eigenvalue weighted by Gasteiger charge is 2.18. The number of anilines is 1. The Kier molecular flexibility index (Phi) is 5.18. The molecule has 0 saturated heterocycles. The first-order valence-electron chi connectivity index (χ1n) is 7.13. The van der Waals surface area contributed by atoms with Crippen LogP contribution in [0.5, 0.6) is 0 Å². The van der Waals surface area contributed by atoms with Gasteiger partial charge in [0, 0.05) is 23.8 Å². The second-order valence-electron chi connectivity index (χ2n) is 5.23. The van der Waals surface area contributed by atoms with Crippen molar-refractivity contribution in [1.29, 1.82) is 0 Å². The Labute approximate surface area is 119 Å². The molecule has 108 valence electrons. The van der Waals surface area contributed by atoms with Gasteiger partial charge >= 0.3 is 0 Å². The van der Waals surface area contributed by atoms with Gasteiger partial charge in [-0.05, 0) is 49.9 Å². The van der Waals surface area contributed by atoms with E-state index in [1.54, 1.807) is 6.08 Å². The van der Waals surface area contributed by atoms with E-state index in [2.05, 4.69) is 17.2 Å². The number of carbonyl (C=O) groups excluding carboxylic acids is 1. The quantitative estimate of drug-likeness (QED) is 0.722. The van der Waals surface area contributed by atoms with Crippen LogP contribution in [0.4, 0.5) is 5.69 Å².